The highest BCUT2D eigenvalue weighted by Gasteiger charge is 2.42. The van der Waals surface area contributed by atoms with Crippen LogP contribution in [0.4, 0.5) is 13.2 Å². The van der Waals surface area contributed by atoms with E-state index in [4.69, 9.17) is 4.74 Å². The first-order valence-corrected chi connectivity index (χ1v) is 7.50. The van der Waals surface area contributed by atoms with E-state index >= 15 is 0 Å². The number of hydrogen-bond acceptors (Lipinski definition) is 2. The number of alkyl halides is 3. The van der Waals surface area contributed by atoms with Crippen LogP contribution in [0.2, 0.25) is 0 Å². The normalized spacial score (nSPS) is 24.8. The van der Waals surface area contributed by atoms with E-state index in [1.807, 2.05) is 0 Å². The Bertz CT molecular complexity index is 479. The first kappa shape index (κ1) is 14.9. The highest BCUT2D eigenvalue weighted by molar-refractivity contribution is 5.24. The number of ether oxygens (including phenoxy) is 1. The van der Waals surface area contributed by atoms with Crippen LogP contribution in [0.3, 0.4) is 0 Å². The van der Waals surface area contributed by atoms with Crippen molar-refractivity contribution in [1.29, 1.82) is 0 Å². The van der Waals surface area contributed by atoms with Gasteiger partial charge in [0.25, 0.3) is 0 Å². The molecule has 116 valence electrons. The lowest BCUT2D eigenvalue weighted by Crippen LogP contribution is -2.50. The van der Waals surface area contributed by atoms with Crippen molar-refractivity contribution in [2.45, 2.75) is 56.5 Å². The first-order chi connectivity index (χ1) is 9.97. The molecule has 1 heterocycles. The molecule has 1 spiro atoms. The molecule has 1 aromatic carbocycles. The Balaban J connectivity index is 1.53. The molecule has 2 fully saturated rings. The largest absolute Gasteiger partial charge is 0.416 e. The zero-order chi connectivity index (χ0) is 14.9. The molecule has 0 radical (unpaired) electrons. The van der Waals surface area contributed by atoms with Crippen LogP contribution in [-0.2, 0) is 17.5 Å². The van der Waals surface area contributed by atoms with Crippen molar-refractivity contribution in [1.82, 2.24) is 5.32 Å². The fraction of sp³-hybridized carbons (Fsp3) is 0.625. The number of rotatable bonds is 3. The number of benzene rings is 1. The molecule has 3 rings (SSSR count). The summed E-state index contributed by atoms with van der Waals surface area (Å²) in [7, 11) is 0. The SMILES string of the molecule is FC(F)(F)c1ccc(CNC2CCOC3(CCC3)C2)cc1. The zero-order valence-corrected chi connectivity index (χ0v) is 11.9. The van der Waals surface area contributed by atoms with Gasteiger partial charge in [0.2, 0.25) is 0 Å². The predicted octanol–water partition coefficient (Wildman–Crippen LogP) is 3.90. The summed E-state index contributed by atoms with van der Waals surface area (Å²) in [6, 6.07) is 5.80. The summed E-state index contributed by atoms with van der Waals surface area (Å²) < 4.78 is 43.4. The predicted molar refractivity (Wildman–Crippen MR) is 73.8 cm³/mol. The van der Waals surface area contributed by atoms with E-state index in [0.717, 1.165) is 50.0 Å². The zero-order valence-electron chi connectivity index (χ0n) is 11.9. The molecule has 1 saturated carbocycles. The summed E-state index contributed by atoms with van der Waals surface area (Å²) >= 11 is 0. The topological polar surface area (TPSA) is 21.3 Å². The fourth-order valence-electron chi connectivity index (χ4n) is 3.20. The molecule has 1 saturated heterocycles. The number of nitrogens with one attached hydrogen (secondary N) is 1. The summed E-state index contributed by atoms with van der Waals surface area (Å²) in [5, 5.41) is 3.46. The van der Waals surface area contributed by atoms with Crippen LogP contribution in [0, 0.1) is 0 Å². The van der Waals surface area contributed by atoms with E-state index in [0.29, 0.717) is 12.6 Å². The third-order valence-electron chi connectivity index (χ3n) is 4.63. The van der Waals surface area contributed by atoms with E-state index < -0.39 is 11.7 Å². The van der Waals surface area contributed by atoms with Gasteiger partial charge in [-0.15, -0.1) is 0 Å². The van der Waals surface area contributed by atoms with E-state index in [2.05, 4.69) is 5.32 Å². The quantitative estimate of drug-likeness (QED) is 0.914. The smallest absolute Gasteiger partial charge is 0.375 e. The van der Waals surface area contributed by atoms with E-state index in [9.17, 15) is 13.2 Å². The maximum atomic E-state index is 12.5. The lowest BCUT2D eigenvalue weighted by molar-refractivity contribution is -0.137. The summed E-state index contributed by atoms with van der Waals surface area (Å²) in [4.78, 5) is 0. The Morgan fingerprint density at radius 2 is 1.90 bits per heavy atom. The van der Waals surface area contributed by atoms with Crippen LogP contribution in [0.25, 0.3) is 0 Å². The minimum atomic E-state index is -4.26. The minimum Gasteiger partial charge on any atom is -0.375 e. The molecule has 0 amide bonds. The van der Waals surface area contributed by atoms with Gasteiger partial charge < -0.3 is 10.1 Å². The van der Waals surface area contributed by atoms with Crippen LogP contribution >= 0.6 is 0 Å². The first-order valence-electron chi connectivity index (χ1n) is 7.50. The Hall–Kier alpha value is -1.07. The van der Waals surface area contributed by atoms with Gasteiger partial charge >= 0.3 is 6.18 Å². The van der Waals surface area contributed by atoms with Gasteiger partial charge in [-0.05, 0) is 49.8 Å². The average Bonchev–Trinajstić information content (AvgIpc) is 2.43. The van der Waals surface area contributed by atoms with Crippen molar-refractivity contribution >= 4 is 0 Å². The third kappa shape index (κ3) is 3.40. The summed E-state index contributed by atoms with van der Waals surface area (Å²) in [5.74, 6) is 0. The Morgan fingerprint density at radius 3 is 2.48 bits per heavy atom. The fourth-order valence-corrected chi connectivity index (χ4v) is 3.20. The molecule has 1 aliphatic carbocycles. The van der Waals surface area contributed by atoms with E-state index in [-0.39, 0.29) is 5.60 Å². The molecule has 1 unspecified atom stereocenters. The summed E-state index contributed by atoms with van der Waals surface area (Å²) in [6.45, 7) is 1.39. The van der Waals surface area contributed by atoms with Gasteiger partial charge in [0.1, 0.15) is 0 Å². The van der Waals surface area contributed by atoms with Crippen molar-refractivity contribution in [2.75, 3.05) is 6.61 Å². The van der Waals surface area contributed by atoms with Crippen LogP contribution in [0.15, 0.2) is 24.3 Å². The second-order valence-corrected chi connectivity index (χ2v) is 6.15. The highest BCUT2D eigenvalue weighted by atomic mass is 19.4. The van der Waals surface area contributed by atoms with Gasteiger partial charge in [-0.25, -0.2) is 0 Å². The molecule has 1 N–H and O–H groups in total. The van der Waals surface area contributed by atoms with Crippen LogP contribution in [0.1, 0.15) is 43.2 Å². The molecule has 21 heavy (non-hydrogen) atoms. The van der Waals surface area contributed by atoms with Gasteiger partial charge in [0, 0.05) is 19.2 Å². The van der Waals surface area contributed by atoms with E-state index in [1.54, 1.807) is 12.1 Å². The minimum absolute atomic E-state index is 0.0933. The molecule has 1 atom stereocenters. The Labute approximate surface area is 122 Å². The molecule has 0 aromatic heterocycles. The van der Waals surface area contributed by atoms with Crippen LogP contribution in [0.5, 0.6) is 0 Å². The Kier molecular flexibility index (Phi) is 3.97. The highest BCUT2D eigenvalue weighted by Crippen LogP contribution is 2.42. The second kappa shape index (κ2) is 5.61. The summed E-state index contributed by atoms with van der Waals surface area (Å²) in [5.41, 5.74) is 0.388. The van der Waals surface area contributed by atoms with Crippen molar-refractivity contribution in [3.63, 3.8) is 0 Å². The third-order valence-corrected chi connectivity index (χ3v) is 4.63. The lowest BCUT2D eigenvalue weighted by Gasteiger charge is -2.47. The molecule has 2 aliphatic rings. The average molecular weight is 299 g/mol. The maximum absolute atomic E-state index is 12.5. The molecule has 2 nitrogen and oxygen atoms in total. The molecular formula is C16H20F3NO. The van der Waals surface area contributed by atoms with Crippen LogP contribution < -0.4 is 5.32 Å². The van der Waals surface area contributed by atoms with Crippen molar-refractivity contribution < 1.29 is 17.9 Å². The van der Waals surface area contributed by atoms with E-state index in [1.165, 1.54) is 6.42 Å². The summed E-state index contributed by atoms with van der Waals surface area (Å²) in [6.07, 6.45) is 1.27. The van der Waals surface area contributed by atoms with Gasteiger partial charge in [-0.1, -0.05) is 12.1 Å². The molecule has 1 aliphatic heterocycles. The number of hydrogen-bond donors (Lipinski definition) is 1. The Morgan fingerprint density at radius 1 is 1.19 bits per heavy atom. The molecule has 5 heteroatoms. The van der Waals surface area contributed by atoms with Gasteiger partial charge in [0.15, 0.2) is 0 Å². The maximum Gasteiger partial charge on any atom is 0.416 e. The molecule has 1 aromatic rings. The van der Waals surface area contributed by atoms with Gasteiger partial charge in [-0.3, -0.25) is 0 Å². The van der Waals surface area contributed by atoms with Crippen molar-refractivity contribution in [3.8, 4) is 0 Å². The molecular weight excluding hydrogens is 279 g/mol. The van der Waals surface area contributed by atoms with Crippen molar-refractivity contribution in [3.05, 3.63) is 35.4 Å². The molecule has 0 bridgehead atoms. The van der Waals surface area contributed by atoms with Crippen molar-refractivity contribution in [2.24, 2.45) is 0 Å². The second-order valence-electron chi connectivity index (χ2n) is 6.15. The number of halogens is 3. The van der Waals surface area contributed by atoms with Gasteiger partial charge in [0.05, 0.1) is 11.2 Å². The van der Waals surface area contributed by atoms with Crippen LogP contribution in [-0.4, -0.2) is 18.2 Å². The monoisotopic (exact) mass is 299 g/mol. The van der Waals surface area contributed by atoms with Gasteiger partial charge in [-0.2, -0.15) is 13.2 Å². The lowest BCUT2D eigenvalue weighted by atomic mass is 9.74. The standard InChI is InChI=1S/C16H20F3NO/c17-16(18,19)13-4-2-12(3-5-13)11-20-14-6-9-21-15(10-14)7-1-8-15/h2-5,14,20H,1,6-11H2.